The van der Waals surface area contributed by atoms with Crippen molar-refractivity contribution in [1.29, 1.82) is 0 Å². The highest BCUT2D eigenvalue weighted by atomic mass is 32.2. The summed E-state index contributed by atoms with van der Waals surface area (Å²) in [5.74, 6) is 0.547. The first-order valence-electron chi connectivity index (χ1n) is 12.2. The topological polar surface area (TPSA) is 77.1 Å². The molecule has 4 rings (SSSR count). The average Bonchev–Trinajstić information content (AvgIpc) is 2.80. The van der Waals surface area contributed by atoms with E-state index in [0.29, 0.717) is 37.3 Å². The van der Waals surface area contributed by atoms with Crippen LogP contribution in [0.4, 0.5) is 10.5 Å². The monoisotopic (exact) mass is 508 g/mol. The number of anilines is 1. The number of hydrogen-bond acceptors (Lipinski definition) is 7. The third-order valence-corrected chi connectivity index (χ3v) is 8.64. The second-order valence-corrected chi connectivity index (χ2v) is 12.6. The van der Waals surface area contributed by atoms with E-state index in [9.17, 15) is 9.59 Å². The first-order valence-corrected chi connectivity index (χ1v) is 14.2. The molecule has 3 saturated heterocycles. The van der Waals surface area contributed by atoms with Crippen molar-refractivity contribution in [3.05, 3.63) is 24.3 Å². The average molecular weight is 509 g/mol. The van der Waals surface area contributed by atoms with Gasteiger partial charge >= 0.3 is 6.09 Å². The maximum absolute atomic E-state index is 13.1. The molecule has 0 bridgehead atoms. The summed E-state index contributed by atoms with van der Waals surface area (Å²) in [6.45, 7) is 8.40. The molecule has 2 amide bonds. The summed E-state index contributed by atoms with van der Waals surface area (Å²) in [4.78, 5) is 28.3. The zero-order chi connectivity index (χ0) is 24.2. The first-order chi connectivity index (χ1) is 16.2. The predicted molar refractivity (Wildman–Crippen MR) is 136 cm³/mol. The van der Waals surface area contributed by atoms with Gasteiger partial charge in [-0.3, -0.25) is 4.79 Å². The minimum atomic E-state index is -0.766. The molecule has 1 aromatic carbocycles. The Balaban J connectivity index is 1.27. The summed E-state index contributed by atoms with van der Waals surface area (Å²) in [6, 6.07) is 8.03. The molecule has 0 saturated carbocycles. The molecule has 3 heterocycles. The van der Waals surface area contributed by atoms with Crippen molar-refractivity contribution in [3.8, 4) is 0 Å². The molecule has 1 aromatic rings. The van der Waals surface area contributed by atoms with Gasteiger partial charge in [0.2, 0.25) is 5.91 Å². The van der Waals surface area contributed by atoms with Gasteiger partial charge in [-0.25, -0.2) is 4.79 Å². The summed E-state index contributed by atoms with van der Waals surface area (Å²) >= 11 is 3.61. The Labute approximate surface area is 211 Å². The lowest BCUT2D eigenvalue weighted by molar-refractivity contribution is -0.287. The molecule has 0 aromatic heterocycles. The number of piperidine rings is 1. The third kappa shape index (κ3) is 6.62. The fraction of sp³-hybridized carbons (Fsp3) is 0.680. The van der Waals surface area contributed by atoms with Crippen LogP contribution in [0.1, 0.15) is 46.5 Å². The van der Waals surface area contributed by atoms with E-state index in [2.05, 4.69) is 17.4 Å². The van der Waals surface area contributed by atoms with E-state index in [4.69, 9.17) is 14.2 Å². The van der Waals surface area contributed by atoms with Gasteiger partial charge in [0.1, 0.15) is 11.5 Å². The molecular formula is C25H36N2O5S2. The van der Waals surface area contributed by atoms with Crippen LogP contribution in [0.2, 0.25) is 0 Å². The maximum Gasteiger partial charge on any atom is 0.410 e. The summed E-state index contributed by atoms with van der Waals surface area (Å²) < 4.78 is 17.5. The molecule has 1 atom stereocenters. The standard InChI is InChI=1S/C25H36N2O5S2/c1-24(2,3)32-23(29)27-12-9-20(10-13-27)34-19-7-5-18(6-8-19)26-22(28)21-17-33-16-11-25(21)30-14-4-15-31-25/h5-8,20-21H,4,9-17H2,1-3H3,(H,26,28). The van der Waals surface area contributed by atoms with Gasteiger partial charge in [0.25, 0.3) is 0 Å². The van der Waals surface area contributed by atoms with Crippen LogP contribution in [0.25, 0.3) is 0 Å². The number of likely N-dealkylation sites (tertiary alicyclic amines) is 1. The van der Waals surface area contributed by atoms with Gasteiger partial charge in [-0.15, -0.1) is 11.8 Å². The molecule has 1 unspecified atom stereocenters. The molecule has 9 heteroatoms. The van der Waals surface area contributed by atoms with Crippen LogP contribution in [0.15, 0.2) is 29.2 Å². The quantitative estimate of drug-likeness (QED) is 0.613. The van der Waals surface area contributed by atoms with E-state index >= 15 is 0 Å². The van der Waals surface area contributed by atoms with Crippen LogP contribution in [-0.4, -0.2) is 71.3 Å². The molecule has 0 radical (unpaired) electrons. The normalized spacial score (nSPS) is 23.5. The van der Waals surface area contributed by atoms with Crippen LogP contribution in [-0.2, 0) is 19.0 Å². The number of thioether (sulfide) groups is 2. The second kappa shape index (κ2) is 11.1. The largest absolute Gasteiger partial charge is 0.444 e. The molecule has 0 aliphatic carbocycles. The number of ether oxygens (including phenoxy) is 3. The summed E-state index contributed by atoms with van der Waals surface area (Å²) in [5, 5.41) is 3.53. The van der Waals surface area contributed by atoms with Crippen molar-refractivity contribution < 1.29 is 23.8 Å². The van der Waals surface area contributed by atoms with Gasteiger partial charge in [-0.2, -0.15) is 11.8 Å². The summed E-state index contributed by atoms with van der Waals surface area (Å²) in [6.07, 6.45) is 3.27. The lowest BCUT2D eigenvalue weighted by atomic mass is 9.95. The van der Waals surface area contributed by atoms with Gasteiger partial charge < -0.3 is 24.4 Å². The van der Waals surface area contributed by atoms with Crippen LogP contribution in [0.5, 0.6) is 0 Å². The van der Waals surface area contributed by atoms with Crippen LogP contribution in [0.3, 0.4) is 0 Å². The highest BCUT2D eigenvalue weighted by Gasteiger charge is 2.48. The fourth-order valence-electron chi connectivity index (χ4n) is 4.45. The Bertz CT molecular complexity index is 836. The number of carbonyl (C=O) groups is 2. The Kier molecular flexibility index (Phi) is 8.38. The lowest BCUT2D eigenvalue weighted by Gasteiger charge is -2.44. The molecule has 1 N–H and O–H groups in total. The second-order valence-electron chi connectivity index (χ2n) is 10.0. The molecule has 34 heavy (non-hydrogen) atoms. The molecule has 3 fully saturated rings. The zero-order valence-corrected chi connectivity index (χ0v) is 22.0. The minimum Gasteiger partial charge on any atom is -0.444 e. The summed E-state index contributed by atoms with van der Waals surface area (Å²) in [7, 11) is 0. The van der Waals surface area contributed by atoms with Gasteiger partial charge in [0.05, 0.1) is 13.2 Å². The van der Waals surface area contributed by atoms with Crippen LogP contribution in [0, 0.1) is 5.92 Å². The Morgan fingerprint density at radius 3 is 2.47 bits per heavy atom. The van der Waals surface area contributed by atoms with Crippen molar-refractivity contribution in [3.63, 3.8) is 0 Å². The van der Waals surface area contributed by atoms with E-state index < -0.39 is 11.4 Å². The molecule has 3 aliphatic heterocycles. The van der Waals surface area contributed by atoms with Crippen molar-refractivity contribution in [2.24, 2.45) is 5.92 Å². The van der Waals surface area contributed by atoms with E-state index in [1.54, 1.807) is 16.7 Å². The van der Waals surface area contributed by atoms with Crippen molar-refractivity contribution >= 4 is 41.2 Å². The third-order valence-electron chi connectivity index (χ3n) is 6.23. The number of rotatable bonds is 4. The molecule has 1 spiro atoms. The Hall–Kier alpha value is -1.42. The number of nitrogens with one attached hydrogen (secondary N) is 1. The predicted octanol–water partition coefficient (Wildman–Crippen LogP) is 5.00. The van der Waals surface area contributed by atoms with Crippen molar-refractivity contribution in [1.82, 2.24) is 4.90 Å². The van der Waals surface area contributed by atoms with Gasteiger partial charge in [0, 0.05) is 41.1 Å². The van der Waals surface area contributed by atoms with Crippen molar-refractivity contribution in [2.75, 3.05) is 43.1 Å². The molecular weight excluding hydrogens is 472 g/mol. The molecule has 3 aliphatic rings. The highest BCUT2D eigenvalue weighted by molar-refractivity contribution is 8.00. The number of nitrogens with zero attached hydrogens (tertiary/aromatic N) is 1. The van der Waals surface area contributed by atoms with E-state index in [0.717, 1.165) is 42.0 Å². The summed E-state index contributed by atoms with van der Waals surface area (Å²) in [5.41, 5.74) is 0.322. The maximum atomic E-state index is 13.1. The Morgan fingerprint density at radius 2 is 1.82 bits per heavy atom. The fourth-order valence-corrected chi connectivity index (χ4v) is 6.81. The van der Waals surface area contributed by atoms with Gasteiger partial charge in [-0.1, -0.05) is 0 Å². The smallest absolute Gasteiger partial charge is 0.410 e. The molecule has 188 valence electrons. The first kappa shape index (κ1) is 25.7. The van der Waals surface area contributed by atoms with E-state index in [-0.39, 0.29) is 17.9 Å². The van der Waals surface area contributed by atoms with Crippen LogP contribution < -0.4 is 5.32 Å². The lowest BCUT2D eigenvalue weighted by Crippen LogP contribution is -2.54. The SMILES string of the molecule is CC(C)(C)OC(=O)N1CCC(Sc2ccc(NC(=O)C3CSCCC34OCCCO4)cc2)CC1. The van der Waals surface area contributed by atoms with E-state index in [1.165, 1.54) is 0 Å². The zero-order valence-electron chi connectivity index (χ0n) is 20.3. The molecule has 7 nitrogen and oxygen atoms in total. The number of hydrogen-bond donors (Lipinski definition) is 1. The van der Waals surface area contributed by atoms with Crippen molar-refractivity contribution in [2.45, 2.75) is 68.0 Å². The highest BCUT2D eigenvalue weighted by Crippen LogP contribution is 2.39. The van der Waals surface area contributed by atoms with Crippen LogP contribution >= 0.6 is 23.5 Å². The van der Waals surface area contributed by atoms with Gasteiger partial charge in [-0.05, 0) is 70.1 Å². The van der Waals surface area contributed by atoms with Gasteiger partial charge in [0.15, 0.2) is 5.79 Å². The number of carbonyl (C=O) groups excluding carboxylic acids is 2. The van der Waals surface area contributed by atoms with E-state index in [1.807, 2.05) is 44.7 Å². The number of amides is 2. The minimum absolute atomic E-state index is 0.0379. The Morgan fingerprint density at radius 1 is 1.15 bits per heavy atom. The number of benzene rings is 1.